The summed E-state index contributed by atoms with van der Waals surface area (Å²) >= 11 is 0. The van der Waals surface area contributed by atoms with E-state index in [1.54, 1.807) is 13.3 Å². The summed E-state index contributed by atoms with van der Waals surface area (Å²) in [6.07, 6.45) is 4.40. The lowest BCUT2D eigenvalue weighted by atomic mass is 10.3. The van der Waals surface area contributed by atoms with Gasteiger partial charge in [0.15, 0.2) is 5.96 Å². The molecule has 0 atom stereocenters. The summed E-state index contributed by atoms with van der Waals surface area (Å²) in [6, 6.07) is 3.86. The van der Waals surface area contributed by atoms with E-state index in [-0.39, 0.29) is 0 Å². The monoisotopic (exact) mass is 320 g/mol. The van der Waals surface area contributed by atoms with Crippen LogP contribution in [0.1, 0.15) is 25.3 Å². The third-order valence-electron chi connectivity index (χ3n) is 3.74. The molecule has 128 valence electrons. The second kappa shape index (κ2) is 9.35. The van der Waals surface area contributed by atoms with Crippen molar-refractivity contribution in [3.8, 4) is 5.88 Å². The molecule has 2 rings (SSSR count). The number of rotatable bonds is 9. The van der Waals surface area contributed by atoms with Gasteiger partial charge < -0.3 is 19.7 Å². The van der Waals surface area contributed by atoms with E-state index in [0.717, 1.165) is 43.7 Å². The van der Waals surface area contributed by atoms with Gasteiger partial charge in [0.25, 0.3) is 0 Å². The summed E-state index contributed by atoms with van der Waals surface area (Å²) in [6.45, 7) is 5.97. The van der Waals surface area contributed by atoms with Crippen LogP contribution in [0.25, 0.3) is 0 Å². The maximum atomic E-state index is 5.70. The third-order valence-corrected chi connectivity index (χ3v) is 3.74. The lowest BCUT2D eigenvalue weighted by Crippen LogP contribution is -2.40. The van der Waals surface area contributed by atoms with Crippen molar-refractivity contribution in [2.45, 2.75) is 26.3 Å². The lowest BCUT2D eigenvalue weighted by Gasteiger charge is -2.22. The highest BCUT2D eigenvalue weighted by Crippen LogP contribution is 2.28. The molecule has 1 aliphatic rings. The summed E-state index contributed by atoms with van der Waals surface area (Å²) < 4.78 is 10.8. The predicted octanol–water partition coefficient (Wildman–Crippen LogP) is 1.91. The third kappa shape index (κ3) is 6.44. The first kappa shape index (κ1) is 17.5. The minimum Gasteiger partial charge on any atom is -0.481 e. The van der Waals surface area contributed by atoms with E-state index in [1.165, 1.54) is 12.8 Å². The number of hydrogen-bond donors (Lipinski definition) is 1. The molecule has 1 saturated carbocycles. The molecule has 0 unspecified atom stereocenters. The van der Waals surface area contributed by atoms with Crippen molar-refractivity contribution in [3.63, 3.8) is 0 Å². The van der Waals surface area contributed by atoms with Gasteiger partial charge in [0, 0.05) is 39.0 Å². The molecule has 1 aromatic heterocycles. The summed E-state index contributed by atoms with van der Waals surface area (Å²) in [5.74, 6) is 2.31. The Morgan fingerprint density at radius 2 is 2.30 bits per heavy atom. The molecule has 6 nitrogen and oxygen atoms in total. The number of aliphatic imine (C=N–C) groups is 1. The summed E-state index contributed by atoms with van der Waals surface area (Å²) in [5.41, 5.74) is 1.07. The molecular weight excluding hydrogens is 292 g/mol. The van der Waals surface area contributed by atoms with Gasteiger partial charge in [-0.2, -0.15) is 0 Å². The number of pyridine rings is 1. The molecule has 1 heterocycles. The fourth-order valence-electron chi connectivity index (χ4n) is 2.14. The summed E-state index contributed by atoms with van der Waals surface area (Å²) in [7, 11) is 3.66. The summed E-state index contributed by atoms with van der Waals surface area (Å²) in [4.78, 5) is 10.9. The zero-order chi connectivity index (χ0) is 16.5. The highest BCUT2D eigenvalue weighted by atomic mass is 16.5. The van der Waals surface area contributed by atoms with E-state index < -0.39 is 0 Å². The Bertz CT molecular complexity index is 503. The summed E-state index contributed by atoms with van der Waals surface area (Å²) in [5, 5.41) is 3.32. The number of methoxy groups -OCH3 is 1. The predicted molar refractivity (Wildman–Crippen MR) is 91.8 cm³/mol. The average Bonchev–Trinajstić information content (AvgIpc) is 3.39. The molecule has 6 heteroatoms. The molecule has 0 saturated heterocycles. The van der Waals surface area contributed by atoms with Gasteiger partial charge in [-0.3, -0.25) is 0 Å². The van der Waals surface area contributed by atoms with Crippen LogP contribution in [-0.4, -0.2) is 56.3 Å². The van der Waals surface area contributed by atoms with E-state index in [0.29, 0.717) is 12.4 Å². The van der Waals surface area contributed by atoms with Crippen LogP contribution in [0.5, 0.6) is 5.88 Å². The minimum absolute atomic E-state index is 0.592. The maximum absolute atomic E-state index is 5.70. The minimum atomic E-state index is 0.592. The SMILES string of the molecule is CCNC(=NCc1ccnc(OC)c1)N(C)CCOCC1CC1. The van der Waals surface area contributed by atoms with Crippen LogP contribution >= 0.6 is 0 Å². The molecular formula is C17H28N4O2. The molecule has 1 N–H and O–H groups in total. The molecule has 1 aromatic rings. The maximum Gasteiger partial charge on any atom is 0.213 e. The molecule has 0 radical (unpaired) electrons. The fraction of sp³-hybridized carbons (Fsp3) is 0.647. The van der Waals surface area contributed by atoms with Gasteiger partial charge in [0.2, 0.25) is 5.88 Å². The first-order valence-corrected chi connectivity index (χ1v) is 8.29. The Balaban J connectivity index is 1.83. The van der Waals surface area contributed by atoms with Crippen molar-refractivity contribution >= 4 is 5.96 Å². The van der Waals surface area contributed by atoms with Gasteiger partial charge >= 0.3 is 0 Å². The van der Waals surface area contributed by atoms with Crippen LogP contribution in [0.3, 0.4) is 0 Å². The molecule has 0 bridgehead atoms. The van der Waals surface area contributed by atoms with E-state index in [2.05, 4.69) is 27.1 Å². The Morgan fingerprint density at radius 1 is 1.48 bits per heavy atom. The lowest BCUT2D eigenvalue weighted by molar-refractivity contribution is 0.115. The van der Waals surface area contributed by atoms with Crippen LogP contribution in [0.2, 0.25) is 0 Å². The number of ether oxygens (including phenoxy) is 2. The second-order valence-corrected chi connectivity index (χ2v) is 5.82. The molecule has 0 amide bonds. The van der Waals surface area contributed by atoms with Crippen LogP contribution in [0.4, 0.5) is 0 Å². The zero-order valence-corrected chi connectivity index (χ0v) is 14.4. The van der Waals surface area contributed by atoms with Crippen molar-refractivity contribution in [3.05, 3.63) is 23.9 Å². The smallest absolute Gasteiger partial charge is 0.213 e. The normalized spacial score (nSPS) is 14.7. The van der Waals surface area contributed by atoms with Gasteiger partial charge in [0.05, 0.1) is 20.3 Å². The van der Waals surface area contributed by atoms with Gasteiger partial charge in [-0.1, -0.05) is 0 Å². The van der Waals surface area contributed by atoms with Gasteiger partial charge in [-0.15, -0.1) is 0 Å². The number of guanidine groups is 1. The van der Waals surface area contributed by atoms with E-state index in [9.17, 15) is 0 Å². The van der Waals surface area contributed by atoms with Crippen LogP contribution in [0, 0.1) is 5.92 Å². The van der Waals surface area contributed by atoms with Crippen molar-refractivity contribution in [1.29, 1.82) is 0 Å². The first-order chi connectivity index (χ1) is 11.2. The van der Waals surface area contributed by atoms with E-state index in [4.69, 9.17) is 9.47 Å². The van der Waals surface area contributed by atoms with Crippen molar-refractivity contribution in [1.82, 2.24) is 15.2 Å². The number of aromatic nitrogens is 1. The van der Waals surface area contributed by atoms with Crippen molar-refractivity contribution < 1.29 is 9.47 Å². The highest BCUT2D eigenvalue weighted by Gasteiger charge is 2.21. The number of hydrogen-bond acceptors (Lipinski definition) is 4. The highest BCUT2D eigenvalue weighted by molar-refractivity contribution is 5.79. The largest absolute Gasteiger partial charge is 0.481 e. The van der Waals surface area contributed by atoms with Gasteiger partial charge in [-0.25, -0.2) is 9.98 Å². The Labute approximate surface area is 138 Å². The van der Waals surface area contributed by atoms with E-state index in [1.807, 2.05) is 19.2 Å². The molecule has 0 aromatic carbocycles. The Kier molecular flexibility index (Phi) is 7.13. The number of nitrogens with zero attached hydrogens (tertiary/aromatic N) is 3. The van der Waals surface area contributed by atoms with Gasteiger partial charge in [-0.05, 0) is 37.3 Å². The fourth-order valence-corrected chi connectivity index (χ4v) is 2.14. The van der Waals surface area contributed by atoms with Crippen LogP contribution in [0.15, 0.2) is 23.3 Å². The average molecular weight is 320 g/mol. The number of nitrogens with one attached hydrogen (secondary N) is 1. The van der Waals surface area contributed by atoms with Gasteiger partial charge in [0.1, 0.15) is 0 Å². The van der Waals surface area contributed by atoms with Crippen molar-refractivity contribution in [2.24, 2.45) is 10.9 Å². The molecule has 0 spiro atoms. The standard InChI is InChI=1S/C17H28N4O2/c1-4-18-17(21(2)9-10-23-13-14-5-6-14)20-12-15-7-8-19-16(11-15)22-3/h7-8,11,14H,4-6,9-10,12-13H2,1-3H3,(H,18,20). The first-order valence-electron chi connectivity index (χ1n) is 8.29. The topological polar surface area (TPSA) is 59.0 Å². The van der Waals surface area contributed by atoms with Crippen molar-refractivity contribution in [2.75, 3.05) is 40.5 Å². The number of likely N-dealkylation sites (N-methyl/N-ethyl adjacent to an activating group) is 1. The van der Waals surface area contributed by atoms with E-state index >= 15 is 0 Å². The van der Waals surface area contributed by atoms with Crippen LogP contribution < -0.4 is 10.1 Å². The molecule has 0 aliphatic heterocycles. The quantitative estimate of drug-likeness (QED) is 0.428. The Morgan fingerprint density at radius 3 is 3.00 bits per heavy atom. The van der Waals surface area contributed by atoms with Crippen LogP contribution in [-0.2, 0) is 11.3 Å². The molecule has 1 fully saturated rings. The molecule has 1 aliphatic carbocycles. The molecule has 23 heavy (non-hydrogen) atoms. The Hall–Kier alpha value is -1.82. The zero-order valence-electron chi connectivity index (χ0n) is 14.4. The second-order valence-electron chi connectivity index (χ2n) is 5.82.